The Labute approximate surface area is 232 Å². The van der Waals surface area contributed by atoms with E-state index in [4.69, 9.17) is 18.9 Å². The van der Waals surface area contributed by atoms with Crippen LogP contribution >= 0.6 is 0 Å². The molecule has 216 valence electrons. The van der Waals surface area contributed by atoms with Gasteiger partial charge in [0.2, 0.25) is 6.29 Å². The second-order valence-electron chi connectivity index (χ2n) is 11.5. The SMILES string of the molecule is C=C1C(=O)OC2C1CC(O)C(C)=C1CCC(C)(CO[C@@H]3OC(CO)[C@@H](OC(=O)Cc4ccc(O)cc4)C=C3O)C12. The number of aliphatic hydroxyl groups is 3. The van der Waals surface area contributed by atoms with Crippen molar-refractivity contribution in [2.45, 2.75) is 70.2 Å². The van der Waals surface area contributed by atoms with Gasteiger partial charge >= 0.3 is 11.9 Å². The molecule has 0 spiro atoms. The van der Waals surface area contributed by atoms with E-state index in [0.29, 0.717) is 30.4 Å². The summed E-state index contributed by atoms with van der Waals surface area (Å²) in [4.78, 5) is 24.9. The van der Waals surface area contributed by atoms with E-state index >= 15 is 0 Å². The molecule has 0 amide bonds. The highest BCUT2D eigenvalue weighted by atomic mass is 16.7. The summed E-state index contributed by atoms with van der Waals surface area (Å²) in [6.45, 7) is 7.53. The first kappa shape index (κ1) is 28.4. The monoisotopic (exact) mass is 556 g/mol. The molecular weight excluding hydrogens is 520 g/mol. The van der Waals surface area contributed by atoms with Crippen LogP contribution in [0, 0.1) is 17.3 Å². The van der Waals surface area contributed by atoms with E-state index in [9.17, 15) is 30.0 Å². The van der Waals surface area contributed by atoms with E-state index in [2.05, 4.69) is 6.58 Å². The molecule has 2 aliphatic heterocycles. The molecule has 10 heteroatoms. The fourth-order valence-corrected chi connectivity index (χ4v) is 6.47. The van der Waals surface area contributed by atoms with E-state index in [-0.39, 0.29) is 36.4 Å². The van der Waals surface area contributed by atoms with E-state index in [1.54, 1.807) is 12.1 Å². The number of aromatic hydroxyl groups is 1. The summed E-state index contributed by atoms with van der Waals surface area (Å²) >= 11 is 0. The lowest BCUT2D eigenvalue weighted by molar-refractivity contribution is -0.219. The zero-order chi connectivity index (χ0) is 28.8. The molecule has 0 aromatic heterocycles. The smallest absolute Gasteiger partial charge is 0.334 e. The maximum absolute atomic E-state index is 12.5. The number of benzene rings is 1. The molecule has 4 aliphatic rings. The van der Waals surface area contributed by atoms with Crippen LogP contribution in [-0.2, 0) is 35.0 Å². The third kappa shape index (κ3) is 5.28. The molecule has 8 atom stereocenters. The number of hydrogen-bond acceptors (Lipinski definition) is 10. The highest BCUT2D eigenvalue weighted by molar-refractivity contribution is 5.91. The average Bonchev–Trinajstić information content (AvgIpc) is 3.36. The number of aliphatic hydroxyl groups excluding tert-OH is 3. The molecule has 10 nitrogen and oxygen atoms in total. The average molecular weight is 557 g/mol. The van der Waals surface area contributed by atoms with Crippen LogP contribution in [0.2, 0.25) is 0 Å². The summed E-state index contributed by atoms with van der Waals surface area (Å²) in [5.74, 6) is -1.73. The van der Waals surface area contributed by atoms with Crippen molar-refractivity contribution in [2.24, 2.45) is 17.3 Å². The molecule has 1 aromatic rings. The topological polar surface area (TPSA) is 152 Å². The Morgan fingerprint density at radius 3 is 2.65 bits per heavy atom. The van der Waals surface area contributed by atoms with Crippen LogP contribution in [0.4, 0.5) is 0 Å². The minimum Gasteiger partial charge on any atom is -0.508 e. The van der Waals surface area contributed by atoms with Gasteiger partial charge in [-0.1, -0.05) is 31.2 Å². The van der Waals surface area contributed by atoms with Crippen molar-refractivity contribution in [3.05, 3.63) is 65.0 Å². The minimum atomic E-state index is -1.19. The Balaban J connectivity index is 1.28. The van der Waals surface area contributed by atoms with Crippen molar-refractivity contribution in [3.63, 3.8) is 0 Å². The zero-order valence-corrected chi connectivity index (χ0v) is 22.6. The van der Waals surface area contributed by atoms with Crippen LogP contribution in [0.5, 0.6) is 5.75 Å². The van der Waals surface area contributed by atoms with Crippen LogP contribution in [0.25, 0.3) is 0 Å². The quantitative estimate of drug-likeness (QED) is 0.224. The zero-order valence-electron chi connectivity index (χ0n) is 22.6. The number of rotatable bonds is 7. The molecule has 0 radical (unpaired) electrons. The summed E-state index contributed by atoms with van der Waals surface area (Å²) in [6, 6.07) is 6.12. The van der Waals surface area contributed by atoms with Gasteiger partial charge in [-0.15, -0.1) is 0 Å². The van der Waals surface area contributed by atoms with Crippen molar-refractivity contribution in [2.75, 3.05) is 13.2 Å². The van der Waals surface area contributed by atoms with Crippen molar-refractivity contribution < 1.29 is 49.0 Å². The molecule has 2 fully saturated rings. The van der Waals surface area contributed by atoms with Crippen LogP contribution in [0.15, 0.2) is 59.4 Å². The van der Waals surface area contributed by atoms with Gasteiger partial charge < -0.3 is 39.4 Å². The lowest BCUT2D eigenvalue weighted by Crippen LogP contribution is -2.45. The predicted molar refractivity (Wildman–Crippen MR) is 141 cm³/mol. The number of ether oxygens (including phenoxy) is 4. The Morgan fingerprint density at radius 2 is 1.95 bits per heavy atom. The third-order valence-corrected chi connectivity index (χ3v) is 8.79. The molecule has 2 aliphatic carbocycles. The Kier molecular flexibility index (Phi) is 7.80. The van der Waals surface area contributed by atoms with Gasteiger partial charge in [0.15, 0.2) is 6.10 Å². The van der Waals surface area contributed by atoms with E-state index in [1.807, 2.05) is 13.8 Å². The largest absolute Gasteiger partial charge is 0.508 e. The lowest BCUT2D eigenvalue weighted by atomic mass is 9.72. The number of phenols is 1. The predicted octanol–water partition coefficient (Wildman–Crippen LogP) is 2.62. The fraction of sp³-hybridized carbons (Fsp3) is 0.533. The normalized spacial score (nSPS) is 35.5. The van der Waals surface area contributed by atoms with Crippen LogP contribution in [0.1, 0.15) is 38.7 Å². The summed E-state index contributed by atoms with van der Waals surface area (Å²) in [5.41, 5.74) is 2.46. The van der Waals surface area contributed by atoms with Crippen molar-refractivity contribution in [3.8, 4) is 5.75 Å². The molecule has 1 saturated heterocycles. The maximum Gasteiger partial charge on any atom is 0.334 e. The third-order valence-electron chi connectivity index (χ3n) is 8.79. The summed E-state index contributed by atoms with van der Waals surface area (Å²) < 4.78 is 23.1. The molecule has 5 rings (SSSR count). The first-order valence-electron chi connectivity index (χ1n) is 13.5. The van der Waals surface area contributed by atoms with Crippen LogP contribution < -0.4 is 0 Å². The molecule has 0 bridgehead atoms. The van der Waals surface area contributed by atoms with Gasteiger partial charge in [0.1, 0.15) is 23.7 Å². The highest BCUT2D eigenvalue weighted by Gasteiger charge is 2.56. The van der Waals surface area contributed by atoms with Crippen LogP contribution in [0.3, 0.4) is 0 Å². The summed E-state index contributed by atoms with van der Waals surface area (Å²) in [5, 5.41) is 40.8. The van der Waals surface area contributed by atoms with Crippen molar-refractivity contribution in [1.29, 1.82) is 0 Å². The Hall–Kier alpha value is -3.18. The number of esters is 2. The molecular formula is C30H36O10. The Bertz CT molecular complexity index is 1230. The second kappa shape index (κ2) is 11.0. The van der Waals surface area contributed by atoms with Gasteiger partial charge in [-0.2, -0.15) is 0 Å². The van der Waals surface area contributed by atoms with Gasteiger partial charge in [0.25, 0.3) is 0 Å². The van der Waals surface area contributed by atoms with E-state index < -0.39 is 54.7 Å². The van der Waals surface area contributed by atoms with Gasteiger partial charge in [-0.25, -0.2) is 4.79 Å². The highest BCUT2D eigenvalue weighted by Crippen LogP contribution is 2.56. The summed E-state index contributed by atoms with van der Waals surface area (Å²) in [7, 11) is 0. The number of hydrogen-bond donors (Lipinski definition) is 4. The molecule has 6 unspecified atom stereocenters. The summed E-state index contributed by atoms with van der Waals surface area (Å²) in [6.07, 6.45) is -1.29. The van der Waals surface area contributed by atoms with E-state index in [1.165, 1.54) is 18.2 Å². The molecule has 4 N–H and O–H groups in total. The Morgan fingerprint density at radius 1 is 1.23 bits per heavy atom. The van der Waals surface area contributed by atoms with Crippen molar-refractivity contribution >= 4 is 11.9 Å². The first-order chi connectivity index (χ1) is 19.0. The fourth-order valence-electron chi connectivity index (χ4n) is 6.47. The second-order valence-corrected chi connectivity index (χ2v) is 11.5. The maximum atomic E-state index is 12.5. The first-order valence-corrected chi connectivity index (χ1v) is 13.5. The van der Waals surface area contributed by atoms with Gasteiger partial charge in [-0.3, -0.25) is 4.79 Å². The molecule has 40 heavy (non-hydrogen) atoms. The minimum absolute atomic E-state index is 0.0632. The van der Waals surface area contributed by atoms with Crippen molar-refractivity contribution in [1.82, 2.24) is 0 Å². The molecule has 2 heterocycles. The number of fused-ring (bicyclic) bond motifs is 3. The number of carbonyl (C=O) groups is 2. The number of carbonyl (C=O) groups excluding carboxylic acids is 2. The van der Waals surface area contributed by atoms with Crippen LogP contribution in [-0.4, -0.2) is 76.3 Å². The van der Waals surface area contributed by atoms with Gasteiger partial charge in [0, 0.05) is 28.9 Å². The van der Waals surface area contributed by atoms with Gasteiger partial charge in [0.05, 0.1) is 25.7 Å². The van der Waals surface area contributed by atoms with E-state index in [0.717, 1.165) is 11.1 Å². The molecule has 1 aromatic carbocycles. The van der Waals surface area contributed by atoms with Gasteiger partial charge in [-0.05, 0) is 49.5 Å². The lowest BCUT2D eigenvalue weighted by Gasteiger charge is -2.38. The standard InChI is InChI=1S/C30H36O10/c1-15-19-8-9-30(3,26(19)27-20(11-21(15)33)16(2)28(36)40-27)14-37-29-22(34)12-23(24(13-31)39-29)38-25(35)10-17-4-6-18(32)7-5-17/h4-7,12,20-21,23-24,26-27,29,31-34H,2,8-11,13-14H2,1,3H3/t20?,21?,23-,24?,26?,27?,29+,30?/m0/s1. The number of phenolic OH excluding ortho intramolecular Hbond substituents is 1. The molecule has 1 saturated carbocycles.